The number of carbonyl (C=O) groups excluding carboxylic acids is 1. The molecule has 2 rings (SSSR count). The summed E-state index contributed by atoms with van der Waals surface area (Å²) >= 11 is 0. The number of halogens is 2. The number of rotatable bonds is 1. The number of anilines is 1. The van der Waals surface area contributed by atoms with Gasteiger partial charge < -0.3 is 10.4 Å². The monoisotopic (exact) mass is 239 g/mol. The highest BCUT2D eigenvalue weighted by atomic mass is 19.2. The quantitative estimate of drug-likeness (QED) is 0.737. The summed E-state index contributed by atoms with van der Waals surface area (Å²) in [5.41, 5.74) is -1.81. The fourth-order valence-corrected chi connectivity index (χ4v) is 1.90. The summed E-state index contributed by atoms with van der Waals surface area (Å²) in [6, 6.07) is 2.10. The largest absolute Gasteiger partial charge is 0.372 e. The first-order valence-electron chi connectivity index (χ1n) is 5.08. The van der Waals surface area contributed by atoms with Gasteiger partial charge >= 0.3 is 0 Å². The number of carbonyl (C=O) groups is 1. The average Bonchev–Trinajstić information content (AvgIpc) is 2.58. The van der Waals surface area contributed by atoms with Crippen molar-refractivity contribution in [2.75, 3.05) is 5.32 Å². The van der Waals surface area contributed by atoms with Crippen molar-refractivity contribution in [3.63, 3.8) is 0 Å². The number of allylic oxidation sites excluding steroid dienone is 1. The van der Waals surface area contributed by atoms with E-state index in [0.29, 0.717) is 5.57 Å². The minimum absolute atomic E-state index is 0.0389. The third kappa shape index (κ3) is 1.39. The Morgan fingerprint density at radius 2 is 2.12 bits per heavy atom. The van der Waals surface area contributed by atoms with Crippen molar-refractivity contribution < 1.29 is 18.7 Å². The standard InChI is InChI=1S/C12H11F2NO2/c1-3-6(2)12(17)7-4-5-8(13)9(14)10(7)15-11(12)16/h3-5,17H,1-2H3,(H,15,16). The zero-order chi connectivity index (χ0) is 12.8. The third-order valence-electron chi connectivity index (χ3n) is 3.06. The summed E-state index contributed by atoms with van der Waals surface area (Å²) < 4.78 is 26.5. The summed E-state index contributed by atoms with van der Waals surface area (Å²) in [6.45, 7) is 3.20. The molecule has 0 saturated heterocycles. The Kier molecular flexibility index (Phi) is 2.50. The second-order valence-corrected chi connectivity index (χ2v) is 3.92. The lowest BCUT2D eigenvalue weighted by molar-refractivity contribution is -0.130. The smallest absolute Gasteiger partial charge is 0.265 e. The molecule has 0 aliphatic carbocycles. The maximum absolute atomic E-state index is 13.5. The van der Waals surface area contributed by atoms with Gasteiger partial charge in [-0.1, -0.05) is 12.1 Å². The van der Waals surface area contributed by atoms with Crippen molar-refractivity contribution in [1.82, 2.24) is 0 Å². The van der Waals surface area contributed by atoms with Crippen LogP contribution in [-0.4, -0.2) is 11.0 Å². The fourth-order valence-electron chi connectivity index (χ4n) is 1.90. The number of benzene rings is 1. The Morgan fingerprint density at radius 1 is 1.47 bits per heavy atom. The zero-order valence-electron chi connectivity index (χ0n) is 9.34. The minimum atomic E-state index is -1.92. The van der Waals surface area contributed by atoms with Crippen LogP contribution in [0.1, 0.15) is 19.4 Å². The maximum Gasteiger partial charge on any atom is 0.265 e. The molecule has 1 aromatic rings. The van der Waals surface area contributed by atoms with Gasteiger partial charge in [-0.05, 0) is 25.5 Å². The Hall–Kier alpha value is -1.75. The van der Waals surface area contributed by atoms with E-state index in [9.17, 15) is 18.7 Å². The average molecular weight is 239 g/mol. The topological polar surface area (TPSA) is 49.3 Å². The van der Waals surface area contributed by atoms with E-state index in [0.717, 1.165) is 6.07 Å². The van der Waals surface area contributed by atoms with Crippen LogP contribution in [0.15, 0.2) is 23.8 Å². The molecular formula is C12H11F2NO2. The molecule has 1 aliphatic rings. The van der Waals surface area contributed by atoms with Crippen molar-refractivity contribution in [2.24, 2.45) is 0 Å². The fraction of sp³-hybridized carbons (Fsp3) is 0.250. The van der Waals surface area contributed by atoms with Crippen LogP contribution in [0, 0.1) is 11.6 Å². The molecular weight excluding hydrogens is 228 g/mol. The predicted molar refractivity (Wildman–Crippen MR) is 58.3 cm³/mol. The van der Waals surface area contributed by atoms with Crippen LogP contribution in [0.25, 0.3) is 0 Å². The van der Waals surface area contributed by atoms with Gasteiger partial charge in [0.15, 0.2) is 17.2 Å². The summed E-state index contributed by atoms with van der Waals surface area (Å²) in [5, 5.41) is 12.5. The molecule has 1 unspecified atom stereocenters. The van der Waals surface area contributed by atoms with Gasteiger partial charge in [-0.25, -0.2) is 8.78 Å². The molecule has 1 aromatic carbocycles. The van der Waals surface area contributed by atoms with Crippen LogP contribution in [0.3, 0.4) is 0 Å². The zero-order valence-corrected chi connectivity index (χ0v) is 9.34. The highest BCUT2D eigenvalue weighted by Crippen LogP contribution is 2.42. The van der Waals surface area contributed by atoms with Crippen molar-refractivity contribution in [3.05, 3.63) is 41.0 Å². The van der Waals surface area contributed by atoms with E-state index < -0.39 is 23.1 Å². The molecule has 90 valence electrons. The Morgan fingerprint density at radius 3 is 2.71 bits per heavy atom. The van der Waals surface area contributed by atoms with Crippen LogP contribution in [0.2, 0.25) is 0 Å². The SMILES string of the molecule is CC=C(C)C1(O)C(=O)Nc2c1ccc(F)c2F. The number of amides is 1. The van der Waals surface area contributed by atoms with Crippen molar-refractivity contribution in [1.29, 1.82) is 0 Å². The van der Waals surface area contributed by atoms with E-state index in [1.165, 1.54) is 6.07 Å². The second kappa shape index (κ2) is 3.63. The van der Waals surface area contributed by atoms with E-state index >= 15 is 0 Å². The lowest BCUT2D eigenvalue weighted by Crippen LogP contribution is -2.35. The van der Waals surface area contributed by atoms with Gasteiger partial charge in [-0.2, -0.15) is 0 Å². The first-order chi connectivity index (χ1) is 7.92. The maximum atomic E-state index is 13.5. The van der Waals surface area contributed by atoms with Crippen LogP contribution in [0.5, 0.6) is 0 Å². The van der Waals surface area contributed by atoms with Gasteiger partial charge in [0.1, 0.15) is 0 Å². The van der Waals surface area contributed by atoms with Crippen molar-refractivity contribution in [2.45, 2.75) is 19.4 Å². The lowest BCUT2D eigenvalue weighted by Gasteiger charge is -2.21. The molecule has 2 N–H and O–H groups in total. The van der Waals surface area contributed by atoms with E-state index in [1.807, 2.05) is 0 Å². The molecule has 0 saturated carbocycles. The third-order valence-corrected chi connectivity index (χ3v) is 3.06. The summed E-state index contributed by atoms with van der Waals surface area (Å²) in [4.78, 5) is 11.7. The Balaban J connectivity index is 2.72. The van der Waals surface area contributed by atoms with Crippen LogP contribution >= 0.6 is 0 Å². The summed E-state index contributed by atoms with van der Waals surface area (Å²) in [7, 11) is 0. The van der Waals surface area contributed by atoms with Crippen LogP contribution in [-0.2, 0) is 10.4 Å². The minimum Gasteiger partial charge on any atom is -0.372 e. The van der Waals surface area contributed by atoms with E-state index in [2.05, 4.69) is 5.32 Å². The molecule has 0 fully saturated rings. The summed E-state index contributed by atoms with van der Waals surface area (Å²) in [6.07, 6.45) is 1.55. The Labute approximate surface area is 96.8 Å². The molecule has 3 nitrogen and oxygen atoms in total. The summed E-state index contributed by atoms with van der Waals surface area (Å²) in [5.74, 6) is -2.99. The van der Waals surface area contributed by atoms with Gasteiger partial charge in [-0.3, -0.25) is 4.79 Å². The van der Waals surface area contributed by atoms with Crippen LogP contribution < -0.4 is 5.32 Å². The molecule has 0 radical (unpaired) electrons. The Bertz CT molecular complexity index is 540. The van der Waals surface area contributed by atoms with Gasteiger partial charge in [0, 0.05) is 5.56 Å². The molecule has 1 amide bonds. The van der Waals surface area contributed by atoms with Gasteiger partial charge in [0.05, 0.1) is 5.69 Å². The lowest BCUT2D eigenvalue weighted by atomic mass is 9.88. The second-order valence-electron chi connectivity index (χ2n) is 3.92. The van der Waals surface area contributed by atoms with Crippen molar-refractivity contribution >= 4 is 11.6 Å². The molecule has 5 heteroatoms. The molecule has 17 heavy (non-hydrogen) atoms. The van der Waals surface area contributed by atoms with Gasteiger partial charge in [0.2, 0.25) is 0 Å². The normalized spacial score (nSPS) is 23.6. The molecule has 1 atom stereocenters. The molecule has 1 heterocycles. The molecule has 1 aliphatic heterocycles. The number of aliphatic hydroxyl groups is 1. The van der Waals surface area contributed by atoms with Crippen LogP contribution in [0.4, 0.5) is 14.5 Å². The molecule has 0 spiro atoms. The first-order valence-corrected chi connectivity index (χ1v) is 5.08. The van der Waals surface area contributed by atoms with Gasteiger partial charge in [-0.15, -0.1) is 0 Å². The number of nitrogens with one attached hydrogen (secondary N) is 1. The highest BCUT2D eigenvalue weighted by Gasteiger charge is 2.48. The molecule has 0 bridgehead atoms. The predicted octanol–water partition coefficient (Wildman–Crippen LogP) is 2.07. The van der Waals surface area contributed by atoms with Gasteiger partial charge in [0.25, 0.3) is 5.91 Å². The number of fused-ring (bicyclic) bond motifs is 1. The van der Waals surface area contributed by atoms with Crippen molar-refractivity contribution in [3.8, 4) is 0 Å². The highest BCUT2D eigenvalue weighted by molar-refractivity contribution is 6.07. The van der Waals surface area contributed by atoms with E-state index in [1.54, 1.807) is 19.9 Å². The van der Waals surface area contributed by atoms with E-state index in [4.69, 9.17) is 0 Å². The number of hydrogen-bond donors (Lipinski definition) is 2. The molecule has 0 aromatic heterocycles. The number of hydrogen-bond acceptors (Lipinski definition) is 2. The van der Waals surface area contributed by atoms with E-state index in [-0.39, 0.29) is 11.3 Å². The first kappa shape index (κ1) is 11.7.